The van der Waals surface area contributed by atoms with Gasteiger partial charge in [0, 0.05) is 34.2 Å². The fourth-order valence-corrected chi connectivity index (χ4v) is 1.94. The molecule has 0 saturated carbocycles. The van der Waals surface area contributed by atoms with Crippen molar-refractivity contribution in [3.05, 3.63) is 58.1 Å². The molecule has 0 bridgehead atoms. The van der Waals surface area contributed by atoms with Gasteiger partial charge in [0.25, 0.3) is 0 Å². The van der Waals surface area contributed by atoms with Gasteiger partial charge >= 0.3 is 0 Å². The number of pyridine rings is 1. The van der Waals surface area contributed by atoms with Crippen molar-refractivity contribution in [1.82, 2.24) is 4.98 Å². The predicted octanol–water partition coefficient (Wildman–Crippen LogP) is 3.90. The van der Waals surface area contributed by atoms with E-state index in [2.05, 4.69) is 26.2 Å². The normalized spacial score (nSPS) is 10.3. The number of aryl methyl sites for hydroxylation is 1. The molecule has 0 radical (unpaired) electrons. The molecule has 1 aromatic heterocycles. The van der Waals surface area contributed by atoms with Gasteiger partial charge in [0.2, 0.25) is 0 Å². The molecule has 2 nitrogen and oxygen atoms in total. The maximum atomic E-state index is 13.5. The zero-order chi connectivity index (χ0) is 12.3. The van der Waals surface area contributed by atoms with Gasteiger partial charge in [-0.2, -0.15) is 0 Å². The number of nitrogens with one attached hydrogen (secondary N) is 1. The van der Waals surface area contributed by atoms with Gasteiger partial charge in [-0.1, -0.05) is 15.9 Å². The van der Waals surface area contributed by atoms with Crippen LogP contribution in [0.5, 0.6) is 0 Å². The Morgan fingerprint density at radius 1 is 1.29 bits per heavy atom. The van der Waals surface area contributed by atoms with Crippen molar-refractivity contribution >= 4 is 21.6 Å². The molecule has 4 heteroatoms. The smallest absolute Gasteiger partial charge is 0.128 e. The van der Waals surface area contributed by atoms with Crippen LogP contribution in [0.4, 0.5) is 10.1 Å². The summed E-state index contributed by atoms with van der Waals surface area (Å²) < 4.78 is 14.4. The number of benzene rings is 1. The van der Waals surface area contributed by atoms with E-state index in [1.165, 1.54) is 6.07 Å². The Bertz CT molecular complexity index is 529. The number of hydrogen-bond donors (Lipinski definition) is 1. The number of hydrogen-bond acceptors (Lipinski definition) is 2. The summed E-state index contributed by atoms with van der Waals surface area (Å²) in [6.45, 7) is 2.37. The van der Waals surface area contributed by atoms with Crippen molar-refractivity contribution in [2.45, 2.75) is 13.5 Å². The highest BCUT2D eigenvalue weighted by Crippen LogP contribution is 2.17. The van der Waals surface area contributed by atoms with E-state index >= 15 is 0 Å². The van der Waals surface area contributed by atoms with Gasteiger partial charge in [-0.25, -0.2) is 4.39 Å². The maximum absolute atomic E-state index is 13.5. The quantitative estimate of drug-likeness (QED) is 0.928. The minimum absolute atomic E-state index is 0.202. The van der Waals surface area contributed by atoms with Gasteiger partial charge in [-0.15, -0.1) is 0 Å². The second-order valence-electron chi connectivity index (χ2n) is 3.78. The lowest BCUT2D eigenvalue weighted by Crippen LogP contribution is -2.02. The maximum Gasteiger partial charge on any atom is 0.128 e. The molecule has 1 heterocycles. The highest BCUT2D eigenvalue weighted by Gasteiger charge is 2.02. The summed E-state index contributed by atoms with van der Waals surface area (Å²) >= 11 is 3.33. The third-order valence-corrected chi connectivity index (χ3v) is 2.88. The van der Waals surface area contributed by atoms with Crippen LogP contribution in [0.3, 0.4) is 0 Å². The van der Waals surface area contributed by atoms with Crippen LogP contribution in [0.25, 0.3) is 0 Å². The van der Waals surface area contributed by atoms with Crippen molar-refractivity contribution in [3.8, 4) is 0 Å². The fraction of sp³-hybridized carbons (Fsp3) is 0.154. The largest absolute Gasteiger partial charge is 0.381 e. The van der Waals surface area contributed by atoms with Crippen molar-refractivity contribution in [1.29, 1.82) is 0 Å². The van der Waals surface area contributed by atoms with Crippen molar-refractivity contribution in [2.24, 2.45) is 0 Å². The van der Waals surface area contributed by atoms with Crippen LogP contribution in [0.2, 0.25) is 0 Å². The molecule has 0 spiro atoms. The lowest BCUT2D eigenvalue weighted by Gasteiger charge is -2.08. The predicted molar refractivity (Wildman–Crippen MR) is 70.4 cm³/mol. The van der Waals surface area contributed by atoms with Crippen molar-refractivity contribution < 1.29 is 4.39 Å². The van der Waals surface area contributed by atoms with Crippen molar-refractivity contribution in [3.63, 3.8) is 0 Å². The summed E-state index contributed by atoms with van der Waals surface area (Å²) in [4.78, 5) is 4.10. The number of anilines is 1. The first-order valence-corrected chi connectivity index (χ1v) is 6.05. The molecule has 0 saturated heterocycles. The minimum Gasteiger partial charge on any atom is -0.381 e. The van der Waals surface area contributed by atoms with E-state index in [1.54, 1.807) is 18.3 Å². The lowest BCUT2D eigenvalue weighted by molar-refractivity contribution is 0.612. The number of halogens is 2. The zero-order valence-electron chi connectivity index (χ0n) is 9.37. The summed E-state index contributed by atoms with van der Waals surface area (Å²) in [5, 5.41) is 3.17. The van der Waals surface area contributed by atoms with Crippen LogP contribution in [-0.2, 0) is 6.54 Å². The van der Waals surface area contributed by atoms with Crippen LogP contribution in [-0.4, -0.2) is 4.98 Å². The first-order chi connectivity index (χ1) is 8.15. The SMILES string of the molecule is Cc1cc(NCc2cc(Br)ccc2F)ccn1. The Balaban J connectivity index is 2.09. The average molecular weight is 295 g/mol. The Morgan fingerprint density at radius 2 is 2.12 bits per heavy atom. The van der Waals surface area contributed by atoms with E-state index in [1.807, 2.05) is 19.1 Å². The third-order valence-electron chi connectivity index (χ3n) is 2.39. The first-order valence-electron chi connectivity index (χ1n) is 5.25. The standard InChI is InChI=1S/C13H12BrFN2/c1-9-6-12(4-5-16-9)17-8-10-7-11(14)2-3-13(10)15/h2-7H,8H2,1H3,(H,16,17). The van der Waals surface area contributed by atoms with Crippen LogP contribution < -0.4 is 5.32 Å². The van der Waals surface area contributed by atoms with E-state index in [4.69, 9.17) is 0 Å². The molecule has 2 aromatic rings. The molecule has 0 unspecified atom stereocenters. The topological polar surface area (TPSA) is 24.9 Å². The molecule has 0 atom stereocenters. The summed E-state index contributed by atoms with van der Waals surface area (Å²) in [5.74, 6) is -0.202. The third kappa shape index (κ3) is 3.27. The van der Waals surface area contributed by atoms with Gasteiger partial charge in [0.05, 0.1) is 0 Å². The van der Waals surface area contributed by atoms with E-state index in [9.17, 15) is 4.39 Å². The van der Waals surface area contributed by atoms with Gasteiger partial charge in [0.1, 0.15) is 5.82 Å². The lowest BCUT2D eigenvalue weighted by atomic mass is 10.2. The molecule has 17 heavy (non-hydrogen) atoms. The molecule has 0 aliphatic heterocycles. The molecular weight excluding hydrogens is 283 g/mol. The summed E-state index contributed by atoms with van der Waals surface area (Å²) in [6, 6.07) is 8.71. The zero-order valence-corrected chi connectivity index (χ0v) is 11.0. The Morgan fingerprint density at radius 3 is 2.88 bits per heavy atom. The highest BCUT2D eigenvalue weighted by atomic mass is 79.9. The van der Waals surface area contributed by atoms with Crippen molar-refractivity contribution in [2.75, 3.05) is 5.32 Å². The highest BCUT2D eigenvalue weighted by molar-refractivity contribution is 9.10. The fourth-order valence-electron chi connectivity index (χ4n) is 1.53. The van der Waals surface area contributed by atoms with Crippen LogP contribution in [0.15, 0.2) is 41.0 Å². The number of nitrogens with zero attached hydrogens (tertiary/aromatic N) is 1. The Hall–Kier alpha value is -1.42. The molecular formula is C13H12BrFN2. The molecule has 0 amide bonds. The Kier molecular flexibility index (Phi) is 3.74. The van der Waals surface area contributed by atoms with Crippen LogP contribution in [0.1, 0.15) is 11.3 Å². The second-order valence-corrected chi connectivity index (χ2v) is 4.69. The molecule has 0 aliphatic rings. The monoisotopic (exact) mass is 294 g/mol. The molecule has 0 fully saturated rings. The van der Waals surface area contributed by atoms with Gasteiger partial charge < -0.3 is 5.32 Å². The van der Waals surface area contributed by atoms with Gasteiger partial charge in [-0.05, 0) is 37.3 Å². The molecule has 88 valence electrons. The number of rotatable bonds is 3. The molecule has 1 N–H and O–H groups in total. The van der Waals surface area contributed by atoms with E-state index < -0.39 is 0 Å². The second kappa shape index (κ2) is 5.27. The van der Waals surface area contributed by atoms with Crippen LogP contribution >= 0.6 is 15.9 Å². The summed E-state index contributed by atoms with van der Waals surface area (Å²) in [5.41, 5.74) is 2.51. The van der Waals surface area contributed by atoms with Crippen LogP contribution in [0, 0.1) is 12.7 Å². The van der Waals surface area contributed by atoms with Gasteiger partial charge in [-0.3, -0.25) is 4.98 Å². The summed E-state index contributed by atoms with van der Waals surface area (Å²) in [7, 11) is 0. The molecule has 0 aliphatic carbocycles. The first kappa shape index (κ1) is 12.0. The minimum atomic E-state index is -0.202. The number of aromatic nitrogens is 1. The Labute approximate surface area is 108 Å². The molecule has 2 rings (SSSR count). The summed E-state index contributed by atoms with van der Waals surface area (Å²) in [6.07, 6.45) is 1.73. The molecule has 1 aromatic carbocycles. The average Bonchev–Trinajstić information content (AvgIpc) is 2.30. The van der Waals surface area contributed by atoms with E-state index in [-0.39, 0.29) is 5.82 Å². The van der Waals surface area contributed by atoms with E-state index in [0.29, 0.717) is 12.1 Å². The van der Waals surface area contributed by atoms with E-state index in [0.717, 1.165) is 15.9 Å². The van der Waals surface area contributed by atoms with Gasteiger partial charge in [0.15, 0.2) is 0 Å².